The maximum absolute atomic E-state index is 5.85. The van der Waals surface area contributed by atoms with Crippen LogP contribution in [0.3, 0.4) is 0 Å². The zero-order valence-corrected chi connectivity index (χ0v) is 17.3. The Morgan fingerprint density at radius 2 is 1.33 bits per heavy atom. The van der Waals surface area contributed by atoms with Gasteiger partial charge in [0.15, 0.2) is 5.82 Å². The fraction of sp³-hybridized carbons (Fsp3) is 0.185. The summed E-state index contributed by atoms with van der Waals surface area (Å²) in [6.07, 6.45) is 7.37. The maximum Gasteiger partial charge on any atom is 0.159 e. The molecule has 0 aliphatic carbocycles. The molecule has 0 N–H and O–H groups in total. The fourth-order valence-corrected chi connectivity index (χ4v) is 3.31. The van der Waals surface area contributed by atoms with Gasteiger partial charge in [-0.3, -0.25) is 0 Å². The minimum absolute atomic E-state index is 0.558. The van der Waals surface area contributed by atoms with Gasteiger partial charge in [0.1, 0.15) is 12.4 Å². The summed E-state index contributed by atoms with van der Waals surface area (Å²) >= 11 is 0. The Bertz CT molecular complexity index is 1040. The maximum atomic E-state index is 5.85. The molecule has 0 spiro atoms. The van der Waals surface area contributed by atoms with Crippen molar-refractivity contribution in [3.8, 4) is 28.3 Å². The third kappa shape index (κ3) is 5.12. The number of nitrogens with zero attached hydrogens (tertiary/aromatic N) is 2. The second-order valence-electron chi connectivity index (χ2n) is 7.39. The normalized spacial score (nSPS) is 10.7. The van der Waals surface area contributed by atoms with Crippen LogP contribution < -0.4 is 4.74 Å². The van der Waals surface area contributed by atoms with Crippen LogP contribution in [0.25, 0.3) is 22.5 Å². The molecule has 0 fully saturated rings. The zero-order chi connectivity index (χ0) is 20.6. The van der Waals surface area contributed by atoms with Crippen LogP contribution in [0.1, 0.15) is 30.9 Å². The molecule has 4 aromatic rings. The Hall–Kier alpha value is -3.46. The number of hydrogen-bond donors (Lipinski definition) is 0. The van der Waals surface area contributed by atoms with Crippen LogP contribution in [-0.2, 0) is 13.0 Å². The van der Waals surface area contributed by atoms with Crippen LogP contribution in [0, 0.1) is 0 Å². The van der Waals surface area contributed by atoms with Gasteiger partial charge in [-0.2, -0.15) is 0 Å². The van der Waals surface area contributed by atoms with Gasteiger partial charge in [-0.05, 0) is 53.8 Å². The summed E-state index contributed by atoms with van der Waals surface area (Å²) in [7, 11) is 0. The first-order valence-corrected chi connectivity index (χ1v) is 10.5. The minimum Gasteiger partial charge on any atom is -0.489 e. The van der Waals surface area contributed by atoms with E-state index in [-0.39, 0.29) is 0 Å². The molecule has 3 heteroatoms. The second kappa shape index (κ2) is 9.84. The Morgan fingerprint density at radius 1 is 0.667 bits per heavy atom. The lowest BCUT2D eigenvalue weighted by atomic mass is 10.0. The van der Waals surface area contributed by atoms with Crippen molar-refractivity contribution in [3.05, 3.63) is 102 Å². The van der Waals surface area contributed by atoms with Crippen LogP contribution in [-0.4, -0.2) is 9.97 Å². The smallest absolute Gasteiger partial charge is 0.159 e. The van der Waals surface area contributed by atoms with Crippen molar-refractivity contribution < 1.29 is 4.74 Å². The number of unbranched alkanes of at least 4 members (excludes halogenated alkanes) is 1. The van der Waals surface area contributed by atoms with Crippen molar-refractivity contribution in [3.63, 3.8) is 0 Å². The third-order valence-electron chi connectivity index (χ3n) is 5.12. The van der Waals surface area contributed by atoms with E-state index in [4.69, 9.17) is 4.74 Å². The van der Waals surface area contributed by atoms with E-state index >= 15 is 0 Å². The summed E-state index contributed by atoms with van der Waals surface area (Å²) in [5.74, 6) is 1.55. The molecule has 0 bridgehead atoms. The van der Waals surface area contributed by atoms with Gasteiger partial charge in [-0.15, -0.1) is 0 Å². The van der Waals surface area contributed by atoms with Crippen LogP contribution >= 0.6 is 0 Å². The molecule has 4 rings (SSSR count). The Labute approximate surface area is 178 Å². The van der Waals surface area contributed by atoms with E-state index in [9.17, 15) is 0 Å². The van der Waals surface area contributed by atoms with Gasteiger partial charge in [0.25, 0.3) is 0 Å². The predicted molar refractivity (Wildman–Crippen MR) is 122 cm³/mol. The first-order chi connectivity index (χ1) is 14.8. The van der Waals surface area contributed by atoms with Gasteiger partial charge in [-0.25, -0.2) is 9.97 Å². The SMILES string of the molecule is CCCCc1ccc(-c2cnc(-c3ccc(OCc4ccccc4)cc3)nc2)cc1. The van der Waals surface area contributed by atoms with E-state index in [0.29, 0.717) is 12.4 Å². The monoisotopic (exact) mass is 394 g/mol. The van der Waals surface area contributed by atoms with Crippen molar-refractivity contribution in [2.45, 2.75) is 32.8 Å². The van der Waals surface area contributed by atoms with Gasteiger partial charge < -0.3 is 4.74 Å². The molecule has 0 atom stereocenters. The molecular formula is C27H26N2O. The van der Waals surface area contributed by atoms with Crippen molar-refractivity contribution in [2.75, 3.05) is 0 Å². The van der Waals surface area contributed by atoms with Crippen LogP contribution in [0.4, 0.5) is 0 Å². The molecule has 0 aliphatic heterocycles. The molecule has 30 heavy (non-hydrogen) atoms. The van der Waals surface area contributed by atoms with Gasteiger partial charge in [0, 0.05) is 23.5 Å². The highest BCUT2D eigenvalue weighted by Gasteiger charge is 2.05. The van der Waals surface area contributed by atoms with Crippen LogP contribution in [0.5, 0.6) is 5.75 Å². The van der Waals surface area contributed by atoms with Crippen molar-refractivity contribution in [1.82, 2.24) is 9.97 Å². The molecule has 0 amide bonds. The summed E-state index contributed by atoms with van der Waals surface area (Å²) in [5, 5.41) is 0. The summed E-state index contributed by atoms with van der Waals surface area (Å²) in [5.41, 5.74) is 5.69. The summed E-state index contributed by atoms with van der Waals surface area (Å²) in [6.45, 7) is 2.78. The second-order valence-corrected chi connectivity index (χ2v) is 7.39. The first-order valence-electron chi connectivity index (χ1n) is 10.5. The number of ether oxygens (including phenoxy) is 1. The number of hydrogen-bond acceptors (Lipinski definition) is 3. The molecule has 0 radical (unpaired) electrons. The first kappa shape index (κ1) is 19.8. The Kier molecular flexibility index (Phi) is 6.51. The number of aromatic nitrogens is 2. The standard InChI is InChI=1S/C27H26N2O/c1-2-3-7-21-10-12-23(13-11-21)25-18-28-27(29-19-25)24-14-16-26(17-15-24)30-20-22-8-5-4-6-9-22/h4-6,8-19H,2-3,7,20H2,1H3. The van der Waals surface area contributed by atoms with E-state index in [2.05, 4.69) is 53.3 Å². The fourth-order valence-electron chi connectivity index (χ4n) is 3.31. The highest BCUT2D eigenvalue weighted by Crippen LogP contribution is 2.23. The van der Waals surface area contributed by atoms with Crippen molar-refractivity contribution in [1.29, 1.82) is 0 Å². The largest absolute Gasteiger partial charge is 0.489 e. The molecule has 150 valence electrons. The molecule has 0 aliphatic rings. The number of rotatable bonds is 8. The molecule has 0 saturated heterocycles. The zero-order valence-electron chi connectivity index (χ0n) is 17.3. The van der Waals surface area contributed by atoms with Crippen molar-refractivity contribution in [2.24, 2.45) is 0 Å². The predicted octanol–water partition coefficient (Wildman–Crippen LogP) is 6.73. The number of benzene rings is 3. The summed E-state index contributed by atoms with van der Waals surface area (Å²) in [6, 6.07) is 26.8. The topological polar surface area (TPSA) is 35.0 Å². The molecular weight excluding hydrogens is 368 g/mol. The Balaban J connectivity index is 1.40. The highest BCUT2D eigenvalue weighted by atomic mass is 16.5. The molecule has 0 saturated carbocycles. The average molecular weight is 395 g/mol. The highest BCUT2D eigenvalue weighted by molar-refractivity contribution is 5.64. The molecule has 0 unspecified atom stereocenters. The van der Waals surface area contributed by atoms with Crippen molar-refractivity contribution >= 4 is 0 Å². The molecule has 1 heterocycles. The molecule has 3 nitrogen and oxygen atoms in total. The minimum atomic E-state index is 0.558. The van der Waals surface area contributed by atoms with Gasteiger partial charge in [0.2, 0.25) is 0 Å². The summed E-state index contributed by atoms with van der Waals surface area (Å²) in [4.78, 5) is 9.14. The van der Waals surface area contributed by atoms with E-state index in [1.807, 2.05) is 54.9 Å². The van der Waals surface area contributed by atoms with E-state index in [1.54, 1.807) is 0 Å². The molecule has 1 aromatic heterocycles. The lowest BCUT2D eigenvalue weighted by Crippen LogP contribution is -1.95. The van der Waals surface area contributed by atoms with E-state index < -0.39 is 0 Å². The van der Waals surface area contributed by atoms with Gasteiger partial charge >= 0.3 is 0 Å². The summed E-state index contributed by atoms with van der Waals surface area (Å²) < 4.78 is 5.85. The van der Waals surface area contributed by atoms with Crippen LogP contribution in [0.2, 0.25) is 0 Å². The number of aryl methyl sites for hydroxylation is 1. The van der Waals surface area contributed by atoms with Gasteiger partial charge in [-0.1, -0.05) is 67.9 Å². The lowest BCUT2D eigenvalue weighted by Gasteiger charge is -2.08. The quantitative estimate of drug-likeness (QED) is 0.332. The van der Waals surface area contributed by atoms with E-state index in [0.717, 1.165) is 34.4 Å². The average Bonchev–Trinajstić information content (AvgIpc) is 2.83. The lowest BCUT2D eigenvalue weighted by molar-refractivity contribution is 0.306. The third-order valence-corrected chi connectivity index (χ3v) is 5.12. The Morgan fingerprint density at radius 3 is 2.00 bits per heavy atom. The molecule has 3 aromatic carbocycles. The van der Waals surface area contributed by atoms with E-state index in [1.165, 1.54) is 18.4 Å². The van der Waals surface area contributed by atoms with Crippen LogP contribution in [0.15, 0.2) is 91.3 Å². The van der Waals surface area contributed by atoms with Gasteiger partial charge in [0.05, 0.1) is 0 Å².